The van der Waals surface area contributed by atoms with Gasteiger partial charge in [0.15, 0.2) is 0 Å². The summed E-state index contributed by atoms with van der Waals surface area (Å²) < 4.78 is 0. The summed E-state index contributed by atoms with van der Waals surface area (Å²) in [6.07, 6.45) is 0. The summed E-state index contributed by atoms with van der Waals surface area (Å²) in [4.78, 5) is 0. The van der Waals surface area contributed by atoms with Gasteiger partial charge in [-0.15, -0.1) is 0 Å². The minimum atomic E-state index is -0.106. The summed E-state index contributed by atoms with van der Waals surface area (Å²) >= 11 is -0.106. The monoisotopic (exact) mass is 225 g/mol. The Balaban J connectivity index is -0.00000000667. The van der Waals surface area contributed by atoms with Crippen molar-refractivity contribution in [3.63, 3.8) is 0 Å². The van der Waals surface area contributed by atoms with Gasteiger partial charge in [-0.2, -0.15) is 0 Å². The first-order valence-electron chi connectivity index (χ1n) is 0.239. The SMILES string of the molecule is N.[Cl][Pd][Cl].[NH2-].[NH2-]. The molecule has 0 fully saturated rings. The molecule has 0 spiro atoms. The van der Waals surface area contributed by atoms with Gasteiger partial charge in [0.05, 0.1) is 0 Å². The molecule has 0 aliphatic rings. The molecule has 0 unspecified atom stereocenters. The number of hydrogen-bond donors (Lipinski definition) is 1. The van der Waals surface area contributed by atoms with Gasteiger partial charge in [-0.05, 0) is 0 Å². The van der Waals surface area contributed by atoms with Crippen LogP contribution in [0.2, 0.25) is 0 Å². The number of nitrogens with two attached hydrogens (primary N) is 2. The van der Waals surface area contributed by atoms with Gasteiger partial charge in [0, 0.05) is 0 Å². The topological polar surface area (TPSA) is 102 Å². The molecule has 0 saturated heterocycles. The molecule has 0 saturated carbocycles. The van der Waals surface area contributed by atoms with Gasteiger partial charge in [0.2, 0.25) is 0 Å². The van der Waals surface area contributed by atoms with Crippen molar-refractivity contribution < 1.29 is 15.9 Å². The average Bonchev–Trinajstić information content (AvgIpc) is 0.918. The van der Waals surface area contributed by atoms with Crippen LogP contribution in [0.4, 0.5) is 0 Å². The van der Waals surface area contributed by atoms with Crippen LogP contribution >= 0.6 is 19.1 Å². The van der Waals surface area contributed by atoms with Crippen molar-refractivity contribution in [1.82, 2.24) is 6.15 Å². The van der Waals surface area contributed by atoms with E-state index in [0.29, 0.717) is 0 Å². The predicted molar refractivity (Wildman–Crippen MR) is 27.3 cm³/mol. The van der Waals surface area contributed by atoms with Crippen LogP contribution in [0.1, 0.15) is 0 Å². The van der Waals surface area contributed by atoms with Crippen molar-refractivity contribution in [1.29, 1.82) is 0 Å². The third-order valence-electron chi connectivity index (χ3n) is 0. The van der Waals surface area contributed by atoms with E-state index in [4.69, 9.17) is 19.1 Å². The van der Waals surface area contributed by atoms with Gasteiger partial charge < -0.3 is 18.5 Å². The van der Waals surface area contributed by atoms with E-state index in [1.54, 1.807) is 0 Å². The standard InChI is InChI=1S/2ClH.H3N.2H2N.Pd/h2*1H;1H3;2*1H2;/q;;;2*-1;+2/p-2. The molecular formula is H7Cl2N3Pd-2. The zero-order valence-corrected chi connectivity index (χ0v) is 6.00. The fourth-order valence-corrected chi connectivity index (χ4v) is 0. The Labute approximate surface area is 53.6 Å². The van der Waals surface area contributed by atoms with Crippen LogP contribution in [0.5, 0.6) is 0 Å². The second kappa shape index (κ2) is 35.7. The van der Waals surface area contributed by atoms with Crippen LogP contribution in [0.15, 0.2) is 0 Å². The van der Waals surface area contributed by atoms with Crippen LogP contribution in [0.25, 0.3) is 12.3 Å². The summed E-state index contributed by atoms with van der Waals surface area (Å²) in [7, 11) is 9.63. The third-order valence-corrected chi connectivity index (χ3v) is 0. The Hall–Kier alpha value is 1.12. The normalized spacial score (nSPS) is 3.67. The Morgan fingerprint density at radius 3 is 1.00 bits per heavy atom. The molecule has 6 heteroatoms. The summed E-state index contributed by atoms with van der Waals surface area (Å²) in [6, 6.07) is 0. The van der Waals surface area contributed by atoms with Crippen molar-refractivity contribution >= 4 is 19.1 Å². The molecule has 48 valence electrons. The summed E-state index contributed by atoms with van der Waals surface area (Å²) in [5.74, 6) is 0. The molecule has 0 rings (SSSR count). The smallest absolute Gasteiger partial charge is 0.693 e. The number of halogens is 2. The van der Waals surface area contributed by atoms with Gasteiger partial charge in [0.1, 0.15) is 0 Å². The number of rotatable bonds is 0. The van der Waals surface area contributed by atoms with Crippen molar-refractivity contribution in [2.75, 3.05) is 0 Å². The maximum Gasteiger partial charge on any atom is -0.693 e. The van der Waals surface area contributed by atoms with E-state index in [0.717, 1.165) is 0 Å². The molecule has 3 nitrogen and oxygen atoms in total. The average molecular weight is 226 g/mol. The maximum absolute atomic E-state index is 4.81. The van der Waals surface area contributed by atoms with Crippen molar-refractivity contribution in [2.24, 2.45) is 0 Å². The molecule has 0 aromatic rings. The van der Waals surface area contributed by atoms with E-state index in [1.165, 1.54) is 0 Å². The number of hydrogen-bond acceptors (Lipinski definition) is 1. The van der Waals surface area contributed by atoms with Crippen LogP contribution in [0.3, 0.4) is 0 Å². The van der Waals surface area contributed by atoms with E-state index in [9.17, 15) is 0 Å². The second-order valence-corrected chi connectivity index (χ2v) is 2.41. The van der Waals surface area contributed by atoms with Gasteiger partial charge in [-0.25, -0.2) is 0 Å². The zero-order valence-electron chi connectivity index (χ0n) is 2.93. The molecule has 0 aromatic carbocycles. The molecule has 7 N–H and O–H groups in total. The first-order valence-corrected chi connectivity index (χ1v) is 4.24. The molecule has 6 heavy (non-hydrogen) atoms. The van der Waals surface area contributed by atoms with Crippen LogP contribution < -0.4 is 6.15 Å². The second-order valence-electron chi connectivity index (χ2n) is 0.0452. The Kier molecular flexibility index (Phi) is 163. The molecule has 0 radical (unpaired) electrons. The minimum absolute atomic E-state index is 0. The summed E-state index contributed by atoms with van der Waals surface area (Å²) in [6.45, 7) is 0. The van der Waals surface area contributed by atoms with Gasteiger partial charge in [-0.1, -0.05) is 0 Å². The van der Waals surface area contributed by atoms with Crippen LogP contribution in [0, 0.1) is 0 Å². The molecule has 0 bridgehead atoms. The first-order chi connectivity index (χ1) is 1.41. The molecule has 0 aromatic heterocycles. The Morgan fingerprint density at radius 1 is 1.00 bits per heavy atom. The van der Waals surface area contributed by atoms with Crippen molar-refractivity contribution in [2.45, 2.75) is 0 Å². The molecule has 0 atom stereocenters. The third kappa shape index (κ3) is 69.1. The van der Waals surface area contributed by atoms with E-state index in [2.05, 4.69) is 0 Å². The van der Waals surface area contributed by atoms with Crippen molar-refractivity contribution in [3.05, 3.63) is 12.3 Å². The fourth-order valence-electron chi connectivity index (χ4n) is 0. The van der Waals surface area contributed by atoms with Gasteiger partial charge in [0.25, 0.3) is 0 Å². The molecule has 0 aliphatic heterocycles. The van der Waals surface area contributed by atoms with Gasteiger partial charge >= 0.3 is 35.0 Å². The van der Waals surface area contributed by atoms with E-state index >= 15 is 0 Å². The summed E-state index contributed by atoms with van der Waals surface area (Å²) in [5.41, 5.74) is 0. The van der Waals surface area contributed by atoms with E-state index in [-0.39, 0.29) is 34.4 Å². The Morgan fingerprint density at radius 2 is 1.00 bits per heavy atom. The Bertz CT molecular complexity index is 8.75. The minimum Gasteiger partial charge on any atom is -0.693 e. The molecular weight excluding hydrogens is 219 g/mol. The first kappa shape index (κ1) is 27.4. The quantitative estimate of drug-likeness (QED) is 0.630. The van der Waals surface area contributed by atoms with Crippen molar-refractivity contribution in [3.8, 4) is 0 Å². The zero-order chi connectivity index (χ0) is 2.71. The van der Waals surface area contributed by atoms with E-state index in [1.807, 2.05) is 0 Å². The van der Waals surface area contributed by atoms with E-state index < -0.39 is 0 Å². The largest absolute Gasteiger partial charge is 0.693 e. The predicted octanol–water partition coefficient (Wildman–Crippen LogP) is 2.97. The maximum atomic E-state index is 4.81. The van der Waals surface area contributed by atoms with Gasteiger partial charge in [-0.3, -0.25) is 0 Å². The molecule has 0 aliphatic carbocycles. The fraction of sp³-hybridized carbons (Fsp3) is 0. The van der Waals surface area contributed by atoms with Crippen LogP contribution in [-0.2, 0) is 15.9 Å². The van der Waals surface area contributed by atoms with Crippen LogP contribution in [-0.4, -0.2) is 0 Å². The molecule has 0 heterocycles. The molecule has 0 amide bonds. The summed E-state index contributed by atoms with van der Waals surface area (Å²) in [5, 5.41) is 0.